The Morgan fingerprint density at radius 3 is 2.27 bits per heavy atom. The summed E-state index contributed by atoms with van der Waals surface area (Å²) in [6.07, 6.45) is 0.658. The lowest BCUT2D eigenvalue weighted by molar-refractivity contribution is -0.138. The van der Waals surface area contributed by atoms with E-state index < -0.39 is 0 Å². The Morgan fingerprint density at radius 2 is 1.65 bits per heavy atom. The summed E-state index contributed by atoms with van der Waals surface area (Å²) in [7, 11) is 0. The third-order valence-electron chi connectivity index (χ3n) is 4.12. The van der Waals surface area contributed by atoms with Crippen LogP contribution < -0.4 is 5.48 Å². The van der Waals surface area contributed by atoms with E-state index in [1.54, 1.807) is 0 Å². The van der Waals surface area contributed by atoms with Crippen molar-refractivity contribution in [3.05, 3.63) is 71.8 Å². The molecule has 2 rings (SSSR count). The van der Waals surface area contributed by atoms with Gasteiger partial charge in [-0.2, -0.15) is 0 Å². The monoisotopic (exact) mass is 371 g/mol. The van der Waals surface area contributed by atoms with Crippen molar-refractivity contribution in [3.63, 3.8) is 0 Å². The molecule has 0 fully saturated rings. The maximum atomic E-state index is 12.6. The third kappa shape index (κ3) is 7.02. The summed E-state index contributed by atoms with van der Waals surface area (Å²) in [6.45, 7) is 3.93. The van der Waals surface area contributed by atoms with Gasteiger partial charge in [0.15, 0.2) is 5.12 Å². The summed E-state index contributed by atoms with van der Waals surface area (Å²) in [5.74, 6) is 0.188. The lowest BCUT2D eigenvalue weighted by Crippen LogP contribution is -2.33. The number of benzene rings is 2. The molecular weight excluding hydrogens is 346 g/mol. The number of carbonyl (C=O) groups excluding carboxylic acids is 2. The van der Waals surface area contributed by atoms with Crippen LogP contribution in [-0.2, 0) is 21.0 Å². The van der Waals surface area contributed by atoms with Crippen LogP contribution >= 0.6 is 11.8 Å². The zero-order valence-corrected chi connectivity index (χ0v) is 16.0. The molecule has 2 unspecified atom stereocenters. The van der Waals surface area contributed by atoms with Crippen LogP contribution in [0.25, 0.3) is 0 Å². The highest BCUT2D eigenvalue weighted by molar-refractivity contribution is 8.13. The third-order valence-corrected chi connectivity index (χ3v) is 5.10. The molecule has 1 amide bonds. The molecule has 4 nitrogen and oxygen atoms in total. The Balaban J connectivity index is 1.91. The molecule has 0 radical (unpaired) electrons. The summed E-state index contributed by atoms with van der Waals surface area (Å²) in [4.78, 5) is 29.2. The van der Waals surface area contributed by atoms with E-state index in [2.05, 4.69) is 24.5 Å². The molecule has 0 saturated heterocycles. The molecule has 5 heteroatoms. The van der Waals surface area contributed by atoms with Crippen molar-refractivity contribution in [2.24, 2.45) is 5.92 Å². The number of hydrogen-bond acceptors (Lipinski definition) is 4. The van der Waals surface area contributed by atoms with Gasteiger partial charge in [0.2, 0.25) is 5.91 Å². The van der Waals surface area contributed by atoms with Crippen molar-refractivity contribution in [1.29, 1.82) is 0 Å². The van der Waals surface area contributed by atoms with Crippen molar-refractivity contribution in [2.75, 3.05) is 5.75 Å². The van der Waals surface area contributed by atoms with Crippen molar-refractivity contribution in [1.82, 2.24) is 5.48 Å². The molecule has 0 heterocycles. The lowest BCUT2D eigenvalue weighted by atomic mass is 9.91. The minimum atomic E-state index is -0.296. The maximum Gasteiger partial charge on any atom is 0.247 e. The Bertz CT molecular complexity index is 691. The van der Waals surface area contributed by atoms with Gasteiger partial charge in [0, 0.05) is 12.7 Å². The molecule has 2 aromatic carbocycles. The molecule has 0 aliphatic carbocycles. The van der Waals surface area contributed by atoms with Crippen LogP contribution in [0, 0.1) is 5.92 Å². The summed E-state index contributed by atoms with van der Waals surface area (Å²) >= 11 is 1.18. The molecule has 0 spiro atoms. The summed E-state index contributed by atoms with van der Waals surface area (Å²) in [5, 5.41) is 0.0142. The summed E-state index contributed by atoms with van der Waals surface area (Å²) in [5.41, 5.74) is 4.72. The van der Waals surface area contributed by atoms with Gasteiger partial charge in [0.05, 0.1) is 12.5 Å². The highest BCUT2D eigenvalue weighted by Crippen LogP contribution is 2.26. The zero-order valence-electron chi connectivity index (χ0n) is 15.2. The van der Waals surface area contributed by atoms with Gasteiger partial charge in [-0.1, -0.05) is 79.3 Å². The van der Waals surface area contributed by atoms with E-state index in [9.17, 15) is 9.59 Å². The highest BCUT2D eigenvalue weighted by atomic mass is 32.2. The van der Waals surface area contributed by atoms with Gasteiger partial charge in [-0.15, -0.1) is 0 Å². The Kier molecular flexibility index (Phi) is 8.38. The smallest absolute Gasteiger partial charge is 0.247 e. The van der Waals surface area contributed by atoms with Crippen LogP contribution in [0.3, 0.4) is 0 Å². The van der Waals surface area contributed by atoms with Gasteiger partial charge in [-0.3, -0.25) is 14.4 Å². The van der Waals surface area contributed by atoms with Crippen LogP contribution in [0.4, 0.5) is 0 Å². The number of rotatable bonds is 9. The van der Waals surface area contributed by atoms with Gasteiger partial charge in [-0.05, 0) is 23.5 Å². The number of nitrogens with one attached hydrogen (secondary N) is 1. The van der Waals surface area contributed by atoms with E-state index in [-0.39, 0.29) is 22.9 Å². The van der Waals surface area contributed by atoms with E-state index in [4.69, 9.17) is 4.84 Å². The number of hydrogen-bond donors (Lipinski definition) is 1. The normalized spacial score (nSPS) is 13.0. The average Bonchev–Trinajstić information content (AvgIpc) is 2.66. The van der Waals surface area contributed by atoms with Gasteiger partial charge in [0.1, 0.15) is 0 Å². The summed E-state index contributed by atoms with van der Waals surface area (Å²) in [6, 6.07) is 19.7. The molecule has 0 saturated carbocycles. The predicted molar refractivity (Wildman–Crippen MR) is 105 cm³/mol. The Labute approximate surface area is 159 Å². The molecular formula is C21H25NO3S. The van der Waals surface area contributed by atoms with Crippen LogP contribution in [0.15, 0.2) is 60.7 Å². The molecule has 2 aromatic rings. The standard InChI is InChI=1S/C21H25NO3S/c1-16(19-11-7-4-8-12-19)13-20(15-26-17(2)23)21(24)22-25-14-18-9-5-3-6-10-18/h3-12,16,20H,13-15H2,1-2H3,(H,22,24). The second kappa shape index (κ2) is 10.8. The molecule has 26 heavy (non-hydrogen) atoms. The van der Waals surface area contributed by atoms with Gasteiger partial charge >= 0.3 is 0 Å². The fraction of sp³-hybridized carbons (Fsp3) is 0.333. The lowest BCUT2D eigenvalue weighted by Gasteiger charge is -2.20. The number of hydroxylamine groups is 1. The first-order valence-electron chi connectivity index (χ1n) is 8.70. The van der Waals surface area contributed by atoms with E-state index in [1.807, 2.05) is 48.5 Å². The van der Waals surface area contributed by atoms with E-state index >= 15 is 0 Å². The van der Waals surface area contributed by atoms with Crippen LogP contribution in [0.1, 0.15) is 37.3 Å². The first-order chi connectivity index (χ1) is 12.6. The van der Waals surface area contributed by atoms with Gasteiger partial charge in [-0.25, -0.2) is 5.48 Å². The molecule has 0 aliphatic heterocycles. The molecule has 138 valence electrons. The zero-order chi connectivity index (χ0) is 18.8. The van der Waals surface area contributed by atoms with Crippen LogP contribution in [-0.4, -0.2) is 16.8 Å². The van der Waals surface area contributed by atoms with Crippen molar-refractivity contribution < 1.29 is 14.4 Å². The van der Waals surface area contributed by atoms with E-state index in [0.717, 1.165) is 5.56 Å². The maximum absolute atomic E-state index is 12.6. The first kappa shape index (κ1) is 20.2. The van der Waals surface area contributed by atoms with Gasteiger partial charge in [0.25, 0.3) is 0 Å². The van der Waals surface area contributed by atoms with Crippen molar-refractivity contribution >= 4 is 22.8 Å². The van der Waals surface area contributed by atoms with E-state index in [1.165, 1.54) is 24.2 Å². The van der Waals surface area contributed by atoms with Crippen LogP contribution in [0.2, 0.25) is 0 Å². The van der Waals surface area contributed by atoms with Crippen molar-refractivity contribution in [3.8, 4) is 0 Å². The Morgan fingerprint density at radius 1 is 1.04 bits per heavy atom. The number of amides is 1. The van der Waals surface area contributed by atoms with Crippen molar-refractivity contribution in [2.45, 2.75) is 32.8 Å². The average molecular weight is 372 g/mol. The first-order valence-corrected chi connectivity index (χ1v) is 9.68. The quantitative estimate of drug-likeness (QED) is 0.667. The molecule has 0 aliphatic rings. The van der Waals surface area contributed by atoms with Gasteiger partial charge < -0.3 is 0 Å². The number of thioether (sulfide) groups is 1. The molecule has 0 aromatic heterocycles. The summed E-state index contributed by atoms with van der Waals surface area (Å²) < 4.78 is 0. The fourth-order valence-corrected chi connectivity index (χ4v) is 3.38. The fourth-order valence-electron chi connectivity index (χ4n) is 2.66. The minimum Gasteiger partial charge on any atom is -0.288 e. The minimum absolute atomic E-state index is 0.0142. The number of carbonyl (C=O) groups is 2. The largest absolute Gasteiger partial charge is 0.288 e. The predicted octanol–water partition coefficient (Wildman–Crippen LogP) is 4.32. The highest BCUT2D eigenvalue weighted by Gasteiger charge is 2.23. The molecule has 2 atom stereocenters. The van der Waals surface area contributed by atoms with Crippen LogP contribution in [0.5, 0.6) is 0 Å². The SMILES string of the molecule is CC(=O)SCC(CC(C)c1ccccc1)C(=O)NOCc1ccccc1. The molecule has 1 N–H and O–H groups in total. The van der Waals surface area contributed by atoms with E-state index in [0.29, 0.717) is 18.8 Å². The Hall–Kier alpha value is -2.11. The second-order valence-corrected chi connectivity index (χ2v) is 7.48. The second-order valence-electron chi connectivity index (χ2n) is 6.29. The molecule has 0 bridgehead atoms. The topological polar surface area (TPSA) is 55.4 Å².